The van der Waals surface area contributed by atoms with Crippen molar-refractivity contribution in [1.29, 1.82) is 0 Å². The molecule has 1 aromatic rings. The van der Waals surface area contributed by atoms with Gasteiger partial charge in [-0.2, -0.15) is 4.98 Å². The Morgan fingerprint density at radius 1 is 1.38 bits per heavy atom. The van der Waals surface area contributed by atoms with E-state index in [0.29, 0.717) is 4.99 Å². The van der Waals surface area contributed by atoms with Gasteiger partial charge in [0, 0.05) is 46.5 Å². The van der Waals surface area contributed by atoms with Crippen LogP contribution in [0.5, 0.6) is 0 Å². The van der Waals surface area contributed by atoms with Crippen LogP contribution in [0.3, 0.4) is 0 Å². The van der Waals surface area contributed by atoms with Gasteiger partial charge in [0.15, 0.2) is 0 Å². The Balaban J connectivity index is 2.01. The molecule has 6 nitrogen and oxygen atoms in total. The smallest absolute Gasteiger partial charge is 0.226 e. The highest BCUT2D eigenvalue weighted by atomic mass is 32.1. The van der Waals surface area contributed by atoms with E-state index in [-0.39, 0.29) is 6.04 Å². The summed E-state index contributed by atoms with van der Waals surface area (Å²) in [7, 11) is 3.90. The largest absolute Gasteiger partial charge is 0.392 e. The third-order valence-corrected chi connectivity index (χ3v) is 4.09. The van der Waals surface area contributed by atoms with Gasteiger partial charge in [-0.1, -0.05) is 19.1 Å². The van der Waals surface area contributed by atoms with Crippen molar-refractivity contribution in [1.82, 2.24) is 14.9 Å². The van der Waals surface area contributed by atoms with E-state index in [1.807, 2.05) is 31.3 Å². The summed E-state index contributed by atoms with van der Waals surface area (Å²) in [5.41, 5.74) is 5.83. The summed E-state index contributed by atoms with van der Waals surface area (Å²) in [6.07, 6.45) is 2.78. The SMILES string of the molecule is CCC(C(N)=S)N1CCN(c2ccnc(N(C)C)n2)CC1. The molecule has 1 unspecified atom stereocenters. The van der Waals surface area contributed by atoms with Crippen LogP contribution in [-0.4, -0.2) is 66.2 Å². The number of nitrogens with zero attached hydrogens (tertiary/aromatic N) is 5. The molecule has 0 saturated carbocycles. The molecule has 1 aromatic heterocycles. The Bertz CT molecular complexity index is 484. The van der Waals surface area contributed by atoms with E-state index in [1.54, 1.807) is 0 Å². The van der Waals surface area contributed by atoms with Crippen LogP contribution in [0.4, 0.5) is 11.8 Å². The van der Waals surface area contributed by atoms with Gasteiger partial charge in [-0.05, 0) is 12.5 Å². The molecule has 1 atom stereocenters. The van der Waals surface area contributed by atoms with E-state index < -0.39 is 0 Å². The third-order valence-electron chi connectivity index (χ3n) is 3.82. The molecule has 0 spiro atoms. The molecule has 0 aromatic carbocycles. The van der Waals surface area contributed by atoms with Gasteiger partial charge in [-0.15, -0.1) is 0 Å². The summed E-state index contributed by atoms with van der Waals surface area (Å²) in [5, 5.41) is 0. The zero-order valence-electron chi connectivity index (χ0n) is 13.0. The number of thiocarbonyl (C=S) groups is 1. The van der Waals surface area contributed by atoms with Crippen LogP contribution >= 0.6 is 12.2 Å². The predicted octanol–water partition coefficient (Wildman–Crippen LogP) is 0.729. The average Bonchev–Trinajstić information content (AvgIpc) is 2.48. The highest BCUT2D eigenvalue weighted by Gasteiger charge is 2.25. The molecule has 0 radical (unpaired) electrons. The third kappa shape index (κ3) is 3.79. The summed E-state index contributed by atoms with van der Waals surface area (Å²) in [6, 6.07) is 2.18. The molecule has 2 N–H and O–H groups in total. The summed E-state index contributed by atoms with van der Waals surface area (Å²) < 4.78 is 0. The second-order valence-corrected chi connectivity index (χ2v) is 5.93. The van der Waals surface area contributed by atoms with Crippen molar-refractivity contribution in [3.05, 3.63) is 12.3 Å². The molecule has 1 aliphatic rings. The predicted molar refractivity (Wildman–Crippen MR) is 91.0 cm³/mol. The molecule has 2 rings (SSSR count). The summed E-state index contributed by atoms with van der Waals surface area (Å²) >= 11 is 5.16. The molecule has 1 saturated heterocycles. The fourth-order valence-electron chi connectivity index (χ4n) is 2.63. The number of anilines is 2. The number of piperazine rings is 1. The van der Waals surface area contributed by atoms with Crippen LogP contribution in [0.15, 0.2) is 12.3 Å². The van der Waals surface area contributed by atoms with Crippen molar-refractivity contribution in [2.75, 3.05) is 50.1 Å². The first-order chi connectivity index (χ1) is 10.0. The van der Waals surface area contributed by atoms with Crippen LogP contribution in [0, 0.1) is 0 Å². The van der Waals surface area contributed by atoms with Gasteiger partial charge in [0.2, 0.25) is 5.95 Å². The van der Waals surface area contributed by atoms with E-state index in [4.69, 9.17) is 18.0 Å². The standard InChI is InChI=1S/C14H24N6S/c1-4-11(13(15)21)19-7-9-20(10-8-19)12-5-6-16-14(17-12)18(2)3/h5-6,11H,4,7-10H2,1-3H3,(H2,15,21). The van der Waals surface area contributed by atoms with E-state index in [9.17, 15) is 0 Å². The van der Waals surface area contributed by atoms with Crippen molar-refractivity contribution >= 4 is 29.0 Å². The lowest BCUT2D eigenvalue weighted by Crippen LogP contribution is -2.53. The lowest BCUT2D eigenvalue weighted by molar-refractivity contribution is 0.224. The van der Waals surface area contributed by atoms with E-state index >= 15 is 0 Å². The molecule has 0 amide bonds. The number of nitrogens with two attached hydrogens (primary N) is 1. The molecule has 2 heterocycles. The van der Waals surface area contributed by atoms with Crippen LogP contribution in [0.25, 0.3) is 0 Å². The molecular weight excluding hydrogens is 284 g/mol. The van der Waals surface area contributed by atoms with E-state index in [0.717, 1.165) is 44.4 Å². The molecular formula is C14H24N6S. The van der Waals surface area contributed by atoms with Gasteiger partial charge in [0.05, 0.1) is 11.0 Å². The first-order valence-corrected chi connectivity index (χ1v) is 7.72. The molecule has 116 valence electrons. The maximum Gasteiger partial charge on any atom is 0.226 e. The number of rotatable bonds is 5. The second kappa shape index (κ2) is 7.00. The van der Waals surface area contributed by atoms with Gasteiger partial charge < -0.3 is 15.5 Å². The average molecular weight is 308 g/mol. The summed E-state index contributed by atoms with van der Waals surface area (Å²) in [5.74, 6) is 1.72. The van der Waals surface area contributed by atoms with Crippen LogP contribution in [0.2, 0.25) is 0 Å². The fourth-order valence-corrected chi connectivity index (χ4v) is 2.95. The van der Waals surface area contributed by atoms with Crippen LogP contribution in [-0.2, 0) is 0 Å². The Kier molecular flexibility index (Phi) is 5.30. The Morgan fingerprint density at radius 2 is 2.05 bits per heavy atom. The Hall–Kier alpha value is -1.47. The molecule has 1 fully saturated rings. The lowest BCUT2D eigenvalue weighted by atomic mass is 10.1. The van der Waals surface area contributed by atoms with Gasteiger partial charge in [-0.3, -0.25) is 4.90 Å². The molecule has 21 heavy (non-hydrogen) atoms. The fraction of sp³-hybridized carbons (Fsp3) is 0.643. The summed E-state index contributed by atoms with van der Waals surface area (Å²) in [6.45, 7) is 5.91. The van der Waals surface area contributed by atoms with Crippen LogP contribution < -0.4 is 15.5 Å². The highest BCUT2D eigenvalue weighted by molar-refractivity contribution is 7.80. The Labute approximate surface area is 131 Å². The van der Waals surface area contributed by atoms with Gasteiger partial charge in [0.25, 0.3) is 0 Å². The van der Waals surface area contributed by atoms with Crippen molar-refractivity contribution in [2.45, 2.75) is 19.4 Å². The zero-order valence-corrected chi connectivity index (χ0v) is 13.8. The lowest BCUT2D eigenvalue weighted by Gasteiger charge is -2.39. The number of aromatic nitrogens is 2. The minimum Gasteiger partial charge on any atom is -0.392 e. The van der Waals surface area contributed by atoms with Crippen molar-refractivity contribution < 1.29 is 0 Å². The van der Waals surface area contributed by atoms with Crippen LogP contribution in [0.1, 0.15) is 13.3 Å². The minimum absolute atomic E-state index is 0.213. The van der Waals surface area contributed by atoms with Crippen molar-refractivity contribution in [3.8, 4) is 0 Å². The highest BCUT2D eigenvalue weighted by Crippen LogP contribution is 2.17. The van der Waals surface area contributed by atoms with Crippen molar-refractivity contribution in [2.24, 2.45) is 5.73 Å². The van der Waals surface area contributed by atoms with Gasteiger partial charge in [0.1, 0.15) is 5.82 Å². The van der Waals surface area contributed by atoms with Gasteiger partial charge >= 0.3 is 0 Å². The Morgan fingerprint density at radius 3 is 2.57 bits per heavy atom. The maximum atomic E-state index is 5.83. The van der Waals surface area contributed by atoms with Crippen molar-refractivity contribution in [3.63, 3.8) is 0 Å². The molecule has 7 heteroatoms. The van der Waals surface area contributed by atoms with E-state index in [2.05, 4.69) is 26.7 Å². The second-order valence-electron chi connectivity index (χ2n) is 5.46. The maximum absolute atomic E-state index is 5.83. The topological polar surface area (TPSA) is 61.5 Å². The summed E-state index contributed by atoms with van der Waals surface area (Å²) in [4.78, 5) is 16.0. The van der Waals surface area contributed by atoms with E-state index in [1.165, 1.54) is 0 Å². The first kappa shape index (κ1) is 15.9. The number of hydrogen-bond donors (Lipinski definition) is 1. The number of hydrogen-bond acceptors (Lipinski definition) is 6. The molecule has 0 bridgehead atoms. The zero-order chi connectivity index (χ0) is 15.4. The monoisotopic (exact) mass is 308 g/mol. The molecule has 0 aliphatic carbocycles. The molecule has 1 aliphatic heterocycles. The normalized spacial score (nSPS) is 17.6. The first-order valence-electron chi connectivity index (χ1n) is 7.31. The van der Waals surface area contributed by atoms with Gasteiger partial charge in [-0.25, -0.2) is 4.98 Å². The quantitative estimate of drug-likeness (QED) is 0.805. The minimum atomic E-state index is 0.213.